The third-order valence-corrected chi connectivity index (χ3v) is 5.46. The zero-order valence-electron chi connectivity index (χ0n) is 16.7. The Labute approximate surface area is 174 Å². The summed E-state index contributed by atoms with van der Waals surface area (Å²) in [4.78, 5) is 19.1. The van der Waals surface area contributed by atoms with E-state index >= 15 is 0 Å². The highest BCUT2D eigenvalue weighted by atomic mass is 19.2. The molecule has 1 aliphatic rings. The first-order valence-electron chi connectivity index (χ1n) is 9.62. The van der Waals surface area contributed by atoms with Crippen molar-refractivity contribution in [2.24, 2.45) is 7.05 Å². The largest absolute Gasteiger partial charge is 0.332 e. The fourth-order valence-corrected chi connectivity index (χ4v) is 4.04. The van der Waals surface area contributed by atoms with Gasteiger partial charge in [0.25, 0.3) is 5.91 Å². The summed E-state index contributed by atoms with van der Waals surface area (Å²) in [6.07, 6.45) is 5.40. The van der Waals surface area contributed by atoms with Gasteiger partial charge in [0, 0.05) is 37.1 Å². The van der Waals surface area contributed by atoms with Gasteiger partial charge in [-0.2, -0.15) is 10.2 Å². The first-order chi connectivity index (χ1) is 14.8. The van der Waals surface area contributed by atoms with Crippen LogP contribution in [-0.4, -0.2) is 41.7 Å². The van der Waals surface area contributed by atoms with Gasteiger partial charge in [0.05, 0.1) is 24.1 Å². The molecule has 1 aliphatic heterocycles. The molecule has 3 aromatic heterocycles. The lowest BCUT2D eigenvalue weighted by Gasteiger charge is -2.26. The molecule has 7 nitrogen and oxygen atoms in total. The standard InChI is InChI=1S/C21H17F3N6O/c1-11-7-25-20-14(8-26-30(20)9-11)21(31)29-4-3-13-17(10-29)27-28(2)19(13)12-5-15(22)18(24)16(23)6-12/h5-9H,3-4,10H2,1-2H3. The summed E-state index contributed by atoms with van der Waals surface area (Å²) in [6, 6.07) is 1.92. The fraction of sp³-hybridized carbons (Fsp3) is 0.238. The summed E-state index contributed by atoms with van der Waals surface area (Å²) in [5.41, 5.74) is 3.91. The minimum Gasteiger partial charge on any atom is -0.332 e. The van der Waals surface area contributed by atoms with Crippen LogP contribution in [0.25, 0.3) is 16.9 Å². The van der Waals surface area contributed by atoms with Crippen LogP contribution in [0, 0.1) is 24.4 Å². The normalized spacial score (nSPS) is 13.6. The van der Waals surface area contributed by atoms with Crippen LogP contribution in [0.15, 0.2) is 30.7 Å². The minimum absolute atomic E-state index is 0.203. The number of benzene rings is 1. The van der Waals surface area contributed by atoms with Crippen LogP contribution in [0.2, 0.25) is 0 Å². The fourth-order valence-electron chi connectivity index (χ4n) is 4.04. The summed E-state index contributed by atoms with van der Waals surface area (Å²) in [5.74, 6) is -4.24. The first kappa shape index (κ1) is 19.3. The highest BCUT2D eigenvalue weighted by Gasteiger charge is 2.29. The van der Waals surface area contributed by atoms with Crippen molar-refractivity contribution in [1.82, 2.24) is 29.3 Å². The number of amides is 1. The molecular weight excluding hydrogens is 409 g/mol. The second kappa shape index (κ2) is 6.93. The second-order valence-corrected chi connectivity index (χ2v) is 7.59. The number of carbonyl (C=O) groups excluding carboxylic acids is 1. The number of halogens is 3. The van der Waals surface area contributed by atoms with Crippen LogP contribution in [0.4, 0.5) is 13.2 Å². The van der Waals surface area contributed by atoms with Gasteiger partial charge in [-0.1, -0.05) is 0 Å². The predicted molar refractivity (Wildman–Crippen MR) is 105 cm³/mol. The third kappa shape index (κ3) is 3.06. The molecule has 5 rings (SSSR count). The van der Waals surface area contributed by atoms with Gasteiger partial charge in [0.15, 0.2) is 23.1 Å². The molecule has 0 N–H and O–H groups in total. The van der Waals surface area contributed by atoms with E-state index in [1.807, 2.05) is 6.92 Å². The Morgan fingerprint density at radius 1 is 1.13 bits per heavy atom. The number of aromatic nitrogens is 5. The average molecular weight is 426 g/mol. The van der Waals surface area contributed by atoms with Gasteiger partial charge < -0.3 is 4.90 Å². The Morgan fingerprint density at radius 3 is 2.61 bits per heavy atom. The summed E-state index contributed by atoms with van der Waals surface area (Å²) in [7, 11) is 1.65. The molecule has 0 unspecified atom stereocenters. The first-order valence-corrected chi connectivity index (χ1v) is 9.62. The van der Waals surface area contributed by atoms with Gasteiger partial charge in [-0.25, -0.2) is 22.7 Å². The Hall–Kier alpha value is -3.69. The highest BCUT2D eigenvalue weighted by molar-refractivity contribution is 5.99. The lowest BCUT2D eigenvalue weighted by molar-refractivity contribution is 0.0734. The number of fused-ring (bicyclic) bond motifs is 2. The Kier molecular flexibility index (Phi) is 4.31. The Balaban J connectivity index is 1.48. The minimum atomic E-state index is -1.51. The lowest BCUT2D eigenvalue weighted by atomic mass is 9.99. The molecule has 1 amide bonds. The van der Waals surface area contributed by atoms with E-state index in [1.54, 1.807) is 28.9 Å². The average Bonchev–Trinajstić information content (AvgIpc) is 3.30. The summed E-state index contributed by atoms with van der Waals surface area (Å²) >= 11 is 0. The predicted octanol–water partition coefficient (Wildman–Crippen LogP) is 3.05. The van der Waals surface area contributed by atoms with Crippen molar-refractivity contribution in [2.45, 2.75) is 19.9 Å². The number of aryl methyl sites for hydroxylation is 2. The quantitative estimate of drug-likeness (QED) is 0.462. The van der Waals surface area contributed by atoms with Crippen LogP contribution in [-0.2, 0) is 20.0 Å². The number of rotatable bonds is 2. The van der Waals surface area contributed by atoms with Gasteiger partial charge in [0.1, 0.15) is 5.56 Å². The van der Waals surface area contributed by atoms with Crippen molar-refractivity contribution in [1.29, 1.82) is 0 Å². The molecule has 0 saturated heterocycles. The molecule has 4 aromatic rings. The topological polar surface area (TPSA) is 68.3 Å². The van der Waals surface area contributed by atoms with E-state index in [9.17, 15) is 18.0 Å². The maximum atomic E-state index is 13.8. The number of nitrogens with zero attached hydrogens (tertiary/aromatic N) is 6. The number of carbonyl (C=O) groups is 1. The molecule has 0 fully saturated rings. The molecule has 1 aromatic carbocycles. The van der Waals surface area contributed by atoms with E-state index in [0.29, 0.717) is 35.6 Å². The maximum absolute atomic E-state index is 13.8. The van der Waals surface area contributed by atoms with Crippen molar-refractivity contribution >= 4 is 11.6 Å². The van der Waals surface area contributed by atoms with Gasteiger partial charge in [-0.3, -0.25) is 9.48 Å². The molecule has 0 radical (unpaired) electrons. The summed E-state index contributed by atoms with van der Waals surface area (Å²) in [6.45, 7) is 2.51. The van der Waals surface area contributed by atoms with E-state index in [0.717, 1.165) is 23.3 Å². The van der Waals surface area contributed by atoms with E-state index in [2.05, 4.69) is 15.2 Å². The Morgan fingerprint density at radius 2 is 1.87 bits per heavy atom. The van der Waals surface area contributed by atoms with Crippen molar-refractivity contribution in [3.8, 4) is 11.3 Å². The van der Waals surface area contributed by atoms with Crippen LogP contribution in [0.5, 0.6) is 0 Å². The summed E-state index contributed by atoms with van der Waals surface area (Å²) < 4.78 is 44.0. The van der Waals surface area contributed by atoms with Gasteiger partial charge in [-0.15, -0.1) is 0 Å². The maximum Gasteiger partial charge on any atom is 0.259 e. The van der Waals surface area contributed by atoms with Crippen molar-refractivity contribution in [3.63, 3.8) is 0 Å². The van der Waals surface area contributed by atoms with Crippen LogP contribution >= 0.6 is 0 Å². The molecule has 0 aliphatic carbocycles. The molecule has 0 bridgehead atoms. The van der Waals surface area contributed by atoms with Gasteiger partial charge in [0.2, 0.25) is 0 Å². The van der Waals surface area contributed by atoms with E-state index < -0.39 is 17.5 Å². The number of hydrogen-bond donors (Lipinski definition) is 0. The van der Waals surface area contributed by atoms with Crippen molar-refractivity contribution in [2.75, 3.05) is 6.54 Å². The zero-order chi connectivity index (χ0) is 21.9. The molecule has 0 spiro atoms. The molecule has 158 valence electrons. The monoisotopic (exact) mass is 426 g/mol. The highest BCUT2D eigenvalue weighted by Crippen LogP contribution is 2.32. The molecule has 4 heterocycles. The van der Waals surface area contributed by atoms with E-state index in [4.69, 9.17) is 0 Å². The van der Waals surface area contributed by atoms with Crippen LogP contribution in [0.1, 0.15) is 27.2 Å². The van der Waals surface area contributed by atoms with Crippen molar-refractivity contribution < 1.29 is 18.0 Å². The van der Waals surface area contributed by atoms with Gasteiger partial charge in [-0.05, 0) is 31.0 Å². The van der Waals surface area contributed by atoms with E-state index in [1.165, 1.54) is 10.9 Å². The smallest absolute Gasteiger partial charge is 0.259 e. The molecular formula is C21H17F3N6O. The third-order valence-electron chi connectivity index (χ3n) is 5.46. The summed E-state index contributed by atoms with van der Waals surface area (Å²) in [5, 5.41) is 8.65. The Bertz CT molecular complexity index is 1340. The second-order valence-electron chi connectivity index (χ2n) is 7.59. The van der Waals surface area contributed by atoms with Crippen LogP contribution < -0.4 is 0 Å². The van der Waals surface area contributed by atoms with E-state index in [-0.39, 0.29) is 18.0 Å². The number of hydrogen-bond acceptors (Lipinski definition) is 4. The van der Waals surface area contributed by atoms with Crippen molar-refractivity contribution in [3.05, 3.63) is 70.6 Å². The SMILES string of the molecule is Cc1cnc2c(C(=O)N3CCc4c(nn(C)c4-c4cc(F)c(F)c(F)c4)C3)cnn2c1. The van der Waals surface area contributed by atoms with Gasteiger partial charge >= 0.3 is 0 Å². The molecule has 31 heavy (non-hydrogen) atoms. The zero-order valence-corrected chi connectivity index (χ0v) is 16.7. The molecule has 10 heteroatoms. The van der Waals surface area contributed by atoms with Crippen LogP contribution in [0.3, 0.4) is 0 Å². The molecule has 0 atom stereocenters. The lowest BCUT2D eigenvalue weighted by Crippen LogP contribution is -2.36. The molecule has 0 saturated carbocycles.